The summed E-state index contributed by atoms with van der Waals surface area (Å²) in [4.78, 5) is 23.7. The average molecular weight is 461 g/mol. The molecule has 2 atom stereocenters. The second kappa shape index (κ2) is 8.79. The van der Waals surface area contributed by atoms with Crippen LogP contribution in [0.5, 0.6) is 5.88 Å². The van der Waals surface area contributed by atoms with Gasteiger partial charge in [0.15, 0.2) is 0 Å². The number of piperazine rings is 1. The van der Waals surface area contributed by atoms with Crippen molar-refractivity contribution >= 4 is 5.97 Å². The van der Waals surface area contributed by atoms with Gasteiger partial charge in [-0.3, -0.25) is 10.2 Å². The van der Waals surface area contributed by atoms with Crippen molar-refractivity contribution in [1.82, 2.24) is 35.2 Å². The maximum atomic E-state index is 11.9. The lowest BCUT2D eigenvalue weighted by molar-refractivity contribution is 0.0535. The molecule has 0 spiro atoms. The Labute approximate surface area is 195 Å². The van der Waals surface area contributed by atoms with Crippen LogP contribution >= 0.6 is 0 Å². The maximum Gasteiger partial charge on any atom is 0.338 e. The number of ether oxygens (including phenoxy) is 2. The van der Waals surface area contributed by atoms with E-state index in [1.54, 1.807) is 6.20 Å². The van der Waals surface area contributed by atoms with Crippen LogP contribution in [0.15, 0.2) is 24.5 Å². The van der Waals surface area contributed by atoms with E-state index < -0.39 is 0 Å². The molecule has 0 aliphatic carbocycles. The third kappa shape index (κ3) is 3.96. The smallest absolute Gasteiger partial charge is 0.338 e. The van der Waals surface area contributed by atoms with Gasteiger partial charge >= 0.3 is 5.97 Å². The minimum Gasteiger partial charge on any atom is -0.480 e. The van der Waals surface area contributed by atoms with Crippen LogP contribution in [0.4, 0.5) is 0 Å². The summed E-state index contributed by atoms with van der Waals surface area (Å²) in [7, 11) is 1.44. The van der Waals surface area contributed by atoms with E-state index in [2.05, 4.69) is 30.4 Å². The summed E-state index contributed by atoms with van der Waals surface area (Å²) >= 11 is 0. The Kier molecular flexibility index (Phi) is 5.66. The molecule has 174 valence electrons. The monoisotopic (exact) mass is 461 g/mol. The van der Waals surface area contributed by atoms with E-state index in [-0.39, 0.29) is 35.6 Å². The number of benzene rings is 1. The molecule has 2 aromatic heterocycles. The average Bonchev–Trinajstić information content (AvgIpc) is 3.45. The van der Waals surface area contributed by atoms with Gasteiger partial charge in [0.05, 0.1) is 36.9 Å². The van der Waals surface area contributed by atoms with Gasteiger partial charge in [0, 0.05) is 31.2 Å². The molecule has 1 aromatic carbocycles. The number of cyclic esters (lactones) is 1. The SMILES string of the molecule is COc1nc(-n2ncc(CN3C[C@@H](c4ccc5c(c4C)COC5=O)N[C@@H](N)C3)n2)ncc1C#N. The molecule has 0 amide bonds. The molecule has 1 saturated heterocycles. The lowest BCUT2D eigenvalue weighted by Gasteiger charge is -2.38. The Morgan fingerprint density at radius 2 is 2.21 bits per heavy atom. The number of aromatic nitrogens is 5. The first-order valence-corrected chi connectivity index (χ1v) is 10.7. The van der Waals surface area contributed by atoms with Gasteiger partial charge < -0.3 is 15.2 Å². The summed E-state index contributed by atoms with van der Waals surface area (Å²) in [6.45, 7) is 4.19. The number of carbonyl (C=O) groups is 1. The fraction of sp³-hybridized carbons (Fsp3) is 0.364. The maximum absolute atomic E-state index is 11.9. The van der Waals surface area contributed by atoms with Crippen molar-refractivity contribution in [3.63, 3.8) is 0 Å². The molecular weight excluding hydrogens is 438 g/mol. The largest absolute Gasteiger partial charge is 0.480 e. The first kappa shape index (κ1) is 21.9. The van der Waals surface area contributed by atoms with Gasteiger partial charge in [0.1, 0.15) is 18.2 Å². The van der Waals surface area contributed by atoms with Gasteiger partial charge in [0.25, 0.3) is 5.95 Å². The van der Waals surface area contributed by atoms with Gasteiger partial charge in [-0.05, 0) is 24.1 Å². The normalized spacial score (nSPS) is 20.0. The van der Waals surface area contributed by atoms with Gasteiger partial charge in [-0.2, -0.15) is 15.3 Å². The van der Waals surface area contributed by atoms with Gasteiger partial charge in [-0.1, -0.05) is 6.07 Å². The van der Waals surface area contributed by atoms with Gasteiger partial charge in [-0.15, -0.1) is 9.90 Å². The van der Waals surface area contributed by atoms with Crippen molar-refractivity contribution in [1.29, 1.82) is 5.26 Å². The Balaban J connectivity index is 1.33. The number of hydrogen-bond acceptors (Lipinski definition) is 11. The van der Waals surface area contributed by atoms with E-state index in [1.165, 1.54) is 18.1 Å². The van der Waals surface area contributed by atoms with E-state index in [1.807, 2.05) is 25.1 Å². The number of nitrogens with zero attached hydrogens (tertiary/aromatic N) is 7. The molecule has 34 heavy (non-hydrogen) atoms. The van der Waals surface area contributed by atoms with Crippen molar-refractivity contribution in [2.45, 2.75) is 32.3 Å². The molecule has 0 saturated carbocycles. The predicted molar refractivity (Wildman–Crippen MR) is 118 cm³/mol. The Hall–Kier alpha value is -3.92. The molecule has 0 bridgehead atoms. The Morgan fingerprint density at radius 1 is 1.35 bits per heavy atom. The fourth-order valence-electron chi connectivity index (χ4n) is 4.42. The topological polar surface area (TPSA) is 157 Å². The van der Waals surface area contributed by atoms with Crippen molar-refractivity contribution < 1.29 is 14.3 Å². The fourth-order valence-corrected chi connectivity index (χ4v) is 4.42. The summed E-state index contributed by atoms with van der Waals surface area (Å²) in [6.07, 6.45) is 2.80. The van der Waals surface area contributed by atoms with E-state index in [0.29, 0.717) is 31.8 Å². The van der Waals surface area contributed by atoms with Crippen LogP contribution in [0.25, 0.3) is 5.95 Å². The highest BCUT2D eigenvalue weighted by Crippen LogP contribution is 2.30. The number of fused-ring (bicyclic) bond motifs is 1. The Morgan fingerprint density at radius 3 is 3.00 bits per heavy atom. The molecule has 12 heteroatoms. The number of nitrogens with two attached hydrogens (primary N) is 1. The van der Waals surface area contributed by atoms with Crippen LogP contribution in [0, 0.1) is 18.3 Å². The van der Waals surface area contributed by atoms with E-state index in [9.17, 15) is 4.79 Å². The molecule has 1 fully saturated rings. The predicted octanol–water partition coefficient (Wildman–Crippen LogP) is 0.348. The molecule has 0 radical (unpaired) electrons. The quantitative estimate of drug-likeness (QED) is 0.505. The molecule has 5 rings (SSSR count). The second-order valence-corrected chi connectivity index (χ2v) is 8.23. The number of nitrogens with one attached hydrogen (secondary N) is 1. The van der Waals surface area contributed by atoms with Crippen molar-refractivity contribution in [2.75, 3.05) is 20.2 Å². The number of methoxy groups -OCH3 is 1. The first-order chi connectivity index (χ1) is 16.5. The van der Waals surface area contributed by atoms with Crippen LogP contribution in [-0.4, -0.2) is 62.2 Å². The van der Waals surface area contributed by atoms with Crippen molar-refractivity contribution in [3.05, 3.63) is 58.0 Å². The number of hydrogen-bond donors (Lipinski definition) is 2. The number of esters is 1. The summed E-state index contributed by atoms with van der Waals surface area (Å²) in [5, 5.41) is 21.3. The number of carbonyl (C=O) groups excluding carboxylic acids is 1. The van der Waals surface area contributed by atoms with E-state index in [0.717, 1.165) is 22.4 Å². The Bertz CT molecular complexity index is 1300. The first-order valence-electron chi connectivity index (χ1n) is 10.7. The second-order valence-electron chi connectivity index (χ2n) is 8.23. The zero-order chi connectivity index (χ0) is 23.8. The molecular formula is C22H23N9O3. The third-order valence-electron chi connectivity index (χ3n) is 6.05. The molecule has 12 nitrogen and oxygen atoms in total. The van der Waals surface area contributed by atoms with E-state index in [4.69, 9.17) is 20.5 Å². The van der Waals surface area contributed by atoms with Crippen molar-refractivity contribution in [2.24, 2.45) is 5.73 Å². The summed E-state index contributed by atoms with van der Waals surface area (Å²) in [6, 6.07) is 5.77. The molecule has 2 aliphatic heterocycles. The highest BCUT2D eigenvalue weighted by molar-refractivity contribution is 5.94. The van der Waals surface area contributed by atoms with E-state index >= 15 is 0 Å². The lowest BCUT2D eigenvalue weighted by atomic mass is 9.93. The molecule has 3 N–H and O–H groups in total. The number of nitriles is 1. The summed E-state index contributed by atoms with van der Waals surface area (Å²) < 4.78 is 10.3. The van der Waals surface area contributed by atoms with Crippen LogP contribution in [0.3, 0.4) is 0 Å². The number of rotatable bonds is 5. The molecule has 0 unspecified atom stereocenters. The standard InChI is InChI=1S/C22H23N9O3/c1-12-15(3-4-16-17(12)11-34-21(16)32)18-9-30(10-19(24)27-18)8-14-7-26-31(29-14)22-25-6-13(5-23)20(28-22)33-2/h3-4,6-7,18-19,27H,8-11,24H2,1-2H3/t18-,19+/m0/s1. The van der Waals surface area contributed by atoms with Gasteiger partial charge in [0.2, 0.25) is 5.88 Å². The third-order valence-corrected chi connectivity index (χ3v) is 6.05. The minimum absolute atomic E-state index is 0.00841. The summed E-state index contributed by atoms with van der Waals surface area (Å²) in [5.74, 6) is 0.105. The zero-order valence-electron chi connectivity index (χ0n) is 18.7. The molecule has 3 aromatic rings. The van der Waals surface area contributed by atoms with Crippen molar-refractivity contribution in [3.8, 4) is 17.9 Å². The van der Waals surface area contributed by atoms with Crippen LogP contribution < -0.4 is 15.8 Å². The summed E-state index contributed by atoms with van der Waals surface area (Å²) in [5.41, 5.74) is 11.0. The van der Waals surface area contributed by atoms with Crippen LogP contribution in [0.2, 0.25) is 0 Å². The highest BCUT2D eigenvalue weighted by Gasteiger charge is 2.30. The lowest BCUT2D eigenvalue weighted by Crippen LogP contribution is -2.56. The van der Waals surface area contributed by atoms with Crippen LogP contribution in [0.1, 0.15) is 44.3 Å². The molecule has 4 heterocycles. The van der Waals surface area contributed by atoms with Gasteiger partial charge in [-0.25, -0.2) is 9.78 Å². The zero-order valence-corrected chi connectivity index (χ0v) is 18.7. The molecule has 2 aliphatic rings. The minimum atomic E-state index is -0.272. The van der Waals surface area contributed by atoms with Crippen LogP contribution in [-0.2, 0) is 17.9 Å². The highest BCUT2D eigenvalue weighted by atomic mass is 16.5.